The Kier molecular flexibility index (Phi) is 4.33. The normalized spacial score (nSPS) is 12.4. The third-order valence-corrected chi connectivity index (χ3v) is 3.76. The van der Waals surface area contributed by atoms with Gasteiger partial charge in [0.05, 0.1) is 13.5 Å². The molecule has 19 heavy (non-hydrogen) atoms. The molecule has 4 heteroatoms. The average molecular weight is 297 g/mol. The van der Waals surface area contributed by atoms with Crippen molar-refractivity contribution in [3.63, 3.8) is 0 Å². The molecule has 1 unspecified atom stereocenters. The Bertz CT molecular complexity index is 623. The van der Waals surface area contributed by atoms with Crippen LogP contribution >= 0.6 is 23.2 Å². The zero-order valence-electron chi connectivity index (χ0n) is 10.7. The van der Waals surface area contributed by atoms with E-state index in [1.54, 1.807) is 0 Å². The summed E-state index contributed by atoms with van der Waals surface area (Å²) in [5.41, 5.74) is 1.05. The van der Waals surface area contributed by atoms with E-state index < -0.39 is 0 Å². The highest BCUT2D eigenvalue weighted by Crippen LogP contribution is 2.33. The number of carbonyl (C=O) groups is 1. The van der Waals surface area contributed by atoms with Gasteiger partial charge < -0.3 is 4.74 Å². The van der Waals surface area contributed by atoms with Crippen molar-refractivity contribution in [3.05, 3.63) is 45.9 Å². The zero-order valence-corrected chi connectivity index (χ0v) is 12.3. The number of carbonyl (C=O) groups excluding carboxylic acids is 1. The van der Waals surface area contributed by atoms with Gasteiger partial charge in [-0.3, -0.25) is 4.79 Å². The fourth-order valence-corrected chi connectivity index (χ4v) is 2.58. The number of halogens is 2. The van der Waals surface area contributed by atoms with Crippen molar-refractivity contribution in [3.8, 4) is 0 Å². The van der Waals surface area contributed by atoms with Crippen molar-refractivity contribution in [2.45, 2.75) is 19.3 Å². The van der Waals surface area contributed by atoms with Gasteiger partial charge in [0.2, 0.25) is 0 Å². The average Bonchev–Trinajstić information content (AvgIpc) is 2.38. The lowest BCUT2D eigenvalue weighted by molar-refractivity contribution is -0.140. The predicted molar refractivity (Wildman–Crippen MR) is 79.0 cm³/mol. The SMILES string of the molecule is COC(=O)CC(C)c1ccc(Cl)c2ccc(Cl)cc12. The Morgan fingerprint density at radius 2 is 1.95 bits per heavy atom. The fourth-order valence-electron chi connectivity index (χ4n) is 2.18. The molecular formula is C15H14Cl2O2. The van der Waals surface area contributed by atoms with Gasteiger partial charge in [-0.2, -0.15) is 0 Å². The van der Waals surface area contributed by atoms with E-state index in [4.69, 9.17) is 27.9 Å². The summed E-state index contributed by atoms with van der Waals surface area (Å²) >= 11 is 12.2. The van der Waals surface area contributed by atoms with E-state index in [1.165, 1.54) is 7.11 Å². The van der Waals surface area contributed by atoms with Gasteiger partial charge >= 0.3 is 5.97 Å². The van der Waals surface area contributed by atoms with Crippen LogP contribution in [-0.2, 0) is 9.53 Å². The summed E-state index contributed by atoms with van der Waals surface area (Å²) in [5, 5.41) is 3.26. The number of hydrogen-bond donors (Lipinski definition) is 0. The molecule has 2 aromatic rings. The lowest BCUT2D eigenvalue weighted by atomic mass is 9.92. The molecular weight excluding hydrogens is 283 g/mol. The highest BCUT2D eigenvalue weighted by Gasteiger charge is 2.15. The van der Waals surface area contributed by atoms with Crippen molar-refractivity contribution in [1.82, 2.24) is 0 Å². The molecule has 2 nitrogen and oxygen atoms in total. The highest BCUT2D eigenvalue weighted by atomic mass is 35.5. The van der Waals surface area contributed by atoms with Gasteiger partial charge in [-0.15, -0.1) is 0 Å². The highest BCUT2D eigenvalue weighted by molar-refractivity contribution is 6.36. The van der Waals surface area contributed by atoms with Gasteiger partial charge in [0, 0.05) is 15.4 Å². The Morgan fingerprint density at radius 1 is 1.21 bits per heavy atom. The van der Waals surface area contributed by atoms with Gasteiger partial charge in [-0.1, -0.05) is 42.3 Å². The molecule has 0 N–H and O–H groups in total. The molecule has 0 aromatic heterocycles. The van der Waals surface area contributed by atoms with Gasteiger partial charge in [0.15, 0.2) is 0 Å². The van der Waals surface area contributed by atoms with E-state index in [1.807, 2.05) is 37.3 Å². The van der Waals surface area contributed by atoms with Crippen molar-refractivity contribution >= 4 is 39.9 Å². The molecule has 0 aliphatic heterocycles. The maximum Gasteiger partial charge on any atom is 0.306 e. The molecule has 1 atom stereocenters. The molecule has 0 amide bonds. The standard InChI is InChI=1S/C15H14Cl2O2/c1-9(7-15(18)19-2)11-5-6-14(17)12-4-3-10(16)8-13(11)12/h3-6,8-9H,7H2,1-2H3. The number of rotatable bonds is 3. The molecule has 100 valence electrons. The van der Waals surface area contributed by atoms with Crippen LogP contribution in [0.4, 0.5) is 0 Å². The van der Waals surface area contributed by atoms with Crippen LogP contribution in [0.3, 0.4) is 0 Å². The maximum atomic E-state index is 11.4. The van der Waals surface area contributed by atoms with Gasteiger partial charge in [0.1, 0.15) is 0 Å². The third-order valence-electron chi connectivity index (χ3n) is 3.19. The van der Waals surface area contributed by atoms with Crippen LogP contribution in [0.25, 0.3) is 10.8 Å². The van der Waals surface area contributed by atoms with Gasteiger partial charge in [-0.05, 0) is 35.1 Å². The molecule has 0 bridgehead atoms. The summed E-state index contributed by atoms with van der Waals surface area (Å²) in [6.07, 6.45) is 0.333. The minimum Gasteiger partial charge on any atom is -0.469 e. The van der Waals surface area contributed by atoms with Crippen LogP contribution in [0.5, 0.6) is 0 Å². The lowest BCUT2D eigenvalue weighted by Crippen LogP contribution is -2.06. The molecule has 0 radical (unpaired) electrons. The van der Waals surface area contributed by atoms with Crippen LogP contribution in [0.1, 0.15) is 24.8 Å². The first kappa shape index (κ1) is 14.2. The summed E-state index contributed by atoms with van der Waals surface area (Å²) in [4.78, 5) is 11.4. The molecule has 0 heterocycles. The monoisotopic (exact) mass is 296 g/mol. The van der Waals surface area contributed by atoms with Crippen LogP contribution in [0, 0.1) is 0 Å². The molecule has 0 saturated heterocycles. The summed E-state index contributed by atoms with van der Waals surface area (Å²) in [7, 11) is 1.39. The summed E-state index contributed by atoms with van der Waals surface area (Å²) in [5.74, 6) is -0.177. The van der Waals surface area contributed by atoms with E-state index in [-0.39, 0.29) is 11.9 Å². The van der Waals surface area contributed by atoms with Crippen LogP contribution in [-0.4, -0.2) is 13.1 Å². The zero-order chi connectivity index (χ0) is 14.0. The first-order valence-corrected chi connectivity index (χ1v) is 6.73. The topological polar surface area (TPSA) is 26.3 Å². The van der Waals surface area contributed by atoms with E-state index in [0.29, 0.717) is 16.5 Å². The predicted octanol–water partition coefficient (Wildman–Crippen LogP) is 4.81. The second-order valence-corrected chi connectivity index (χ2v) is 5.35. The van der Waals surface area contributed by atoms with Crippen LogP contribution in [0.15, 0.2) is 30.3 Å². The third kappa shape index (κ3) is 3.02. The Hall–Kier alpha value is -1.25. The first-order chi connectivity index (χ1) is 9.02. The number of fused-ring (bicyclic) bond motifs is 1. The second kappa shape index (κ2) is 5.81. The quantitative estimate of drug-likeness (QED) is 0.760. The number of benzene rings is 2. The van der Waals surface area contributed by atoms with Gasteiger partial charge in [0.25, 0.3) is 0 Å². The van der Waals surface area contributed by atoms with E-state index >= 15 is 0 Å². The van der Waals surface area contributed by atoms with Crippen LogP contribution < -0.4 is 0 Å². The van der Waals surface area contributed by atoms with Crippen LogP contribution in [0.2, 0.25) is 10.0 Å². The van der Waals surface area contributed by atoms with E-state index in [9.17, 15) is 4.79 Å². The van der Waals surface area contributed by atoms with Crippen molar-refractivity contribution in [2.75, 3.05) is 7.11 Å². The largest absolute Gasteiger partial charge is 0.469 e. The molecule has 0 aliphatic rings. The van der Waals surface area contributed by atoms with E-state index in [0.717, 1.165) is 16.3 Å². The number of esters is 1. The van der Waals surface area contributed by atoms with Gasteiger partial charge in [-0.25, -0.2) is 0 Å². The maximum absolute atomic E-state index is 11.4. The molecule has 2 rings (SSSR count). The van der Waals surface area contributed by atoms with E-state index in [2.05, 4.69) is 0 Å². The van der Waals surface area contributed by atoms with Crippen molar-refractivity contribution in [2.24, 2.45) is 0 Å². The summed E-state index contributed by atoms with van der Waals surface area (Å²) < 4.78 is 4.71. The van der Waals surface area contributed by atoms with Crippen molar-refractivity contribution in [1.29, 1.82) is 0 Å². The Morgan fingerprint density at radius 3 is 2.63 bits per heavy atom. The molecule has 0 saturated carbocycles. The van der Waals surface area contributed by atoms with Crippen molar-refractivity contribution < 1.29 is 9.53 Å². The molecule has 2 aromatic carbocycles. The Labute approximate surface area is 122 Å². The first-order valence-electron chi connectivity index (χ1n) is 5.97. The number of methoxy groups -OCH3 is 1. The summed E-state index contributed by atoms with van der Waals surface area (Å²) in [6, 6.07) is 9.38. The lowest BCUT2D eigenvalue weighted by Gasteiger charge is -2.14. The smallest absolute Gasteiger partial charge is 0.306 e. The minimum atomic E-state index is -0.224. The molecule has 0 aliphatic carbocycles. The minimum absolute atomic E-state index is 0.0469. The fraction of sp³-hybridized carbons (Fsp3) is 0.267. The summed E-state index contributed by atoms with van der Waals surface area (Å²) in [6.45, 7) is 1.99. The molecule has 0 fully saturated rings. The Balaban J connectivity index is 2.51. The molecule has 0 spiro atoms. The second-order valence-electron chi connectivity index (χ2n) is 4.51. The number of hydrogen-bond acceptors (Lipinski definition) is 2. The number of ether oxygens (including phenoxy) is 1.